The fourth-order valence-corrected chi connectivity index (χ4v) is 2.39. The maximum atomic E-state index is 11.6. The maximum absolute atomic E-state index is 11.6. The summed E-state index contributed by atoms with van der Waals surface area (Å²) in [6, 6.07) is 34.6. The average Bonchev–Trinajstić information content (AvgIpc) is 2.87. The third-order valence-electron chi connectivity index (χ3n) is 4.00. The summed E-state index contributed by atoms with van der Waals surface area (Å²) in [4.78, 5) is 32.0. The predicted molar refractivity (Wildman–Crippen MR) is 125 cm³/mol. The summed E-state index contributed by atoms with van der Waals surface area (Å²) in [5.74, 6) is -1.53. The second-order valence-corrected chi connectivity index (χ2v) is 6.41. The molecule has 0 aromatic heterocycles. The SMILES string of the molecule is O=C(O)c1ccccc1.O=C(O)c1ccccc1.O=C(Oc1ccccc1)c1ccccc1. The molecule has 6 heteroatoms. The Bertz CT molecular complexity index is 1080. The van der Waals surface area contributed by atoms with Gasteiger partial charge in [0.2, 0.25) is 0 Å². The van der Waals surface area contributed by atoms with Gasteiger partial charge in [-0.3, -0.25) is 0 Å². The van der Waals surface area contributed by atoms with Crippen LogP contribution in [0, 0.1) is 0 Å². The minimum Gasteiger partial charge on any atom is -0.478 e. The number of carbonyl (C=O) groups excluding carboxylic acids is 1. The Labute approximate surface area is 191 Å². The first-order valence-electron chi connectivity index (χ1n) is 9.86. The van der Waals surface area contributed by atoms with Crippen LogP contribution in [0.25, 0.3) is 0 Å². The van der Waals surface area contributed by atoms with Crippen molar-refractivity contribution in [3.8, 4) is 5.75 Å². The zero-order valence-corrected chi connectivity index (χ0v) is 17.6. The van der Waals surface area contributed by atoms with Crippen molar-refractivity contribution in [3.05, 3.63) is 138 Å². The van der Waals surface area contributed by atoms with E-state index < -0.39 is 11.9 Å². The van der Waals surface area contributed by atoms with Gasteiger partial charge in [-0.05, 0) is 48.5 Å². The molecule has 4 aromatic carbocycles. The third kappa shape index (κ3) is 9.31. The first kappa shape index (κ1) is 24.6. The molecule has 0 bridgehead atoms. The Kier molecular flexibility index (Phi) is 10.1. The number of benzene rings is 4. The summed E-state index contributed by atoms with van der Waals surface area (Å²) in [5, 5.41) is 16.8. The lowest BCUT2D eigenvalue weighted by atomic mass is 10.2. The predicted octanol–water partition coefficient (Wildman–Crippen LogP) is 5.68. The van der Waals surface area contributed by atoms with Crippen molar-refractivity contribution in [1.82, 2.24) is 0 Å². The van der Waals surface area contributed by atoms with Crippen molar-refractivity contribution in [2.45, 2.75) is 0 Å². The monoisotopic (exact) mass is 442 g/mol. The van der Waals surface area contributed by atoms with Crippen molar-refractivity contribution in [2.75, 3.05) is 0 Å². The number of carboxylic acid groups (broad SMARTS) is 2. The number of hydrogen-bond donors (Lipinski definition) is 2. The Morgan fingerprint density at radius 2 is 0.758 bits per heavy atom. The minimum atomic E-state index is -0.879. The van der Waals surface area contributed by atoms with Gasteiger partial charge < -0.3 is 14.9 Å². The van der Waals surface area contributed by atoms with Gasteiger partial charge in [-0.2, -0.15) is 0 Å². The number of esters is 1. The Morgan fingerprint density at radius 3 is 1.06 bits per heavy atom. The normalized spacial score (nSPS) is 9.21. The fourth-order valence-electron chi connectivity index (χ4n) is 2.39. The van der Waals surface area contributed by atoms with Crippen molar-refractivity contribution >= 4 is 17.9 Å². The van der Waals surface area contributed by atoms with E-state index >= 15 is 0 Å². The number of aromatic carboxylic acids is 2. The van der Waals surface area contributed by atoms with Gasteiger partial charge in [-0.25, -0.2) is 14.4 Å². The van der Waals surface area contributed by atoms with Crippen LogP contribution >= 0.6 is 0 Å². The minimum absolute atomic E-state index is 0.331. The van der Waals surface area contributed by atoms with Gasteiger partial charge in [0, 0.05) is 0 Å². The summed E-state index contributed by atoms with van der Waals surface area (Å²) in [6.45, 7) is 0. The van der Waals surface area contributed by atoms with Gasteiger partial charge in [-0.15, -0.1) is 0 Å². The quantitative estimate of drug-likeness (QED) is 0.312. The lowest BCUT2D eigenvalue weighted by Crippen LogP contribution is -2.07. The summed E-state index contributed by atoms with van der Waals surface area (Å²) >= 11 is 0. The summed E-state index contributed by atoms with van der Waals surface area (Å²) < 4.78 is 5.16. The van der Waals surface area contributed by atoms with E-state index in [-0.39, 0.29) is 5.97 Å². The number of carbonyl (C=O) groups is 3. The topological polar surface area (TPSA) is 101 Å². The lowest BCUT2D eigenvalue weighted by Gasteiger charge is -2.02. The second-order valence-electron chi connectivity index (χ2n) is 6.41. The molecule has 0 aliphatic carbocycles. The molecular formula is C27H22O6. The van der Waals surface area contributed by atoms with Gasteiger partial charge in [0.05, 0.1) is 16.7 Å². The first-order chi connectivity index (χ1) is 16.0. The van der Waals surface area contributed by atoms with Crippen molar-refractivity contribution < 1.29 is 29.3 Å². The fraction of sp³-hybridized carbons (Fsp3) is 0. The van der Waals surface area contributed by atoms with E-state index in [2.05, 4.69) is 0 Å². The molecular weight excluding hydrogens is 420 g/mol. The smallest absolute Gasteiger partial charge is 0.343 e. The number of carboxylic acids is 2. The molecule has 0 atom stereocenters. The molecule has 0 heterocycles. The van der Waals surface area contributed by atoms with Gasteiger partial charge in [-0.1, -0.05) is 72.8 Å². The van der Waals surface area contributed by atoms with E-state index in [1.165, 1.54) is 0 Å². The van der Waals surface area contributed by atoms with Crippen LogP contribution in [0.4, 0.5) is 0 Å². The second kappa shape index (κ2) is 13.6. The summed E-state index contributed by atoms with van der Waals surface area (Å²) in [7, 11) is 0. The maximum Gasteiger partial charge on any atom is 0.343 e. The molecule has 6 nitrogen and oxygen atoms in total. The Morgan fingerprint density at radius 1 is 0.455 bits per heavy atom. The van der Waals surface area contributed by atoms with Crippen LogP contribution in [-0.2, 0) is 0 Å². The first-order valence-corrected chi connectivity index (χ1v) is 9.86. The van der Waals surface area contributed by atoms with Crippen LogP contribution < -0.4 is 4.74 Å². The number of hydrogen-bond acceptors (Lipinski definition) is 4. The molecule has 0 saturated heterocycles. The van der Waals surface area contributed by atoms with Crippen LogP contribution in [0.1, 0.15) is 31.1 Å². The Hall–Kier alpha value is -4.71. The standard InChI is InChI=1S/C13H10O2.2C7H6O2/c14-13(11-7-3-1-4-8-11)15-12-9-5-2-6-10-12;2*8-7(9)6-4-2-1-3-5-6/h1-10H;2*1-5H,(H,8,9). The van der Waals surface area contributed by atoms with Gasteiger partial charge in [0.1, 0.15) is 5.75 Å². The zero-order chi connectivity index (χ0) is 23.9. The van der Waals surface area contributed by atoms with Gasteiger partial charge in [0.25, 0.3) is 0 Å². The van der Waals surface area contributed by atoms with E-state index in [9.17, 15) is 14.4 Å². The highest BCUT2D eigenvalue weighted by molar-refractivity contribution is 5.91. The van der Waals surface area contributed by atoms with Gasteiger partial charge >= 0.3 is 17.9 Å². The third-order valence-corrected chi connectivity index (χ3v) is 4.00. The Balaban J connectivity index is 0.000000186. The van der Waals surface area contributed by atoms with Crippen LogP contribution in [0.2, 0.25) is 0 Å². The largest absolute Gasteiger partial charge is 0.478 e. The van der Waals surface area contributed by atoms with E-state index in [1.807, 2.05) is 36.4 Å². The molecule has 33 heavy (non-hydrogen) atoms. The highest BCUT2D eigenvalue weighted by Crippen LogP contribution is 2.11. The number of para-hydroxylation sites is 1. The van der Waals surface area contributed by atoms with Crippen molar-refractivity contribution in [1.29, 1.82) is 0 Å². The van der Waals surface area contributed by atoms with Crippen LogP contribution in [0.5, 0.6) is 5.75 Å². The van der Waals surface area contributed by atoms with Gasteiger partial charge in [0.15, 0.2) is 0 Å². The van der Waals surface area contributed by atoms with E-state index in [0.29, 0.717) is 22.4 Å². The van der Waals surface area contributed by atoms with E-state index in [1.54, 1.807) is 84.9 Å². The van der Waals surface area contributed by atoms with Crippen LogP contribution in [0.15, 0.2) is 121 Å². The highest BCUT2D eigenvalue weighted by atomic mass is 16.5. The molecule has 2 N–H and O–H groups in total. The number of rotatable bonds is 4. The molecule has 4 aromatic rings. The van der Waals surface area contributed by atoms with Crippen LogP contribution in [0.3, 0.4) is 0 Å². The molecule has 0 saturated carbocycles. The molecule has 4 rings (SSSR count). The molecule has 0 spiro atoms. The molecule has 0 aliphatic rings. The molecule has 0 aliphatic heterocycles. The van der Waals surface area contributed by atoms with E-state index in [0.717, 1.165) is 0 Å². The lowest BCUT2D eigenvalue weighted by molar-refractivity contribution is 0.0686. The highest BCUT2D eigenvalue weighted by Gasteiger charge is 2.06. The number of ether oxygens (including phenoxy) is 1. The molecule has 166 valence electrons. The average molecular weight is 442 g/mol. The summed E-state index contributed by atoms with van der Waals surface area (Å²) in [6.07, 6.45) is 0. The molecule has 0 amide bonds. The van der Waals surface area contributed by atoms with Crippen LogP contribution in [-0.4, -0.2) is 28.1 Å². The van der Waals surface area contributed by atoms with Crippen molar-refractivity contribution in [3.63, 3.8) is 0 Å². The molecule has 0 fully saturated rings. The van der Waals surface area contributed by atoms with Crippen molar-refractivity contribution in [2.24, 2.45) is 0 Å². The van der Waals surface area contributed by atoms with E-state index in [4.69, 9.17) is 14.9 Å². The zero-order valence-electron chi connectivity index (χ0n) is 17.6. The molecule has 0 radical (unpaired) electrons. The summed E-state index contributed by atoms with van der Waals surface area (Å²) in [5.41, 5.74) is 1.22. The molecule has 0 unspecified atom stereocenters.